The van der Waals surface area contributed by atoms with E-state index in [-0.39, 0.29) is 5.91 Å². The molecule has 1 atom stereocenters. The van der Waals surface area contributed by atoms with Gasteiger partial charge in [0.05, 0.1) is 11.9 Å². The van der Waals surface area contributed by atoms with Crippen LogP contribution in [0.1, 0.15) is 41.0 Å². The lowest BCUT2D eigenvalue weighted by molar-refractivity contribution is 0.0724. The van der Waals surface area contributed by atoms with Gasteiger partial charge < -0.3 is 4.90 Å². The van der Waals surface area contributed by atoms with Crippen molar-refractivity contribution >= 4 is 5.91 Å². The monoisotopic (exact) mass is 296 g/mol. The number of amides is 1. The smallest absolute Gasteiger partial charge is 0.274 e. The Morgan fingerprint density at radius 3 is 2.82 bits per heavy atom. The van der Waals surface area contributed by atoms with Gasteiger partial charge in [-0.1, -0.05) is 0 Å². The summed E-state index contributed by atoms with van der Waals surface area (Å²) in [5.74, 6) is 0.00438. The number of pyridine rings is 1. The Kier molecular flexibility index (Phi) is 4.42. The second kappa shape index (κ2) is 6.64. The van der Waals surface area contributed by atoms with Crippen LogP contribution in [0.3, 0.4) is 0 Å². The van der Waals surface area contributed by atoms with Crippen molar-refractivity contribution in [2.24, 2.45) is 0 Å². The minimum absolute atomic E-state index is 0.00438. The fourth-order valence-corrected chi connectivity index (χ4v) is 2.94. The molecule has 0 unspecified atom stereocenters. The number of carbonyl (C=O) groups is 1. The predicted molar refractivity (Wildman–Crippen MR) is 83.4 cm³/mol. The van der Waals surface area contributed by atoms with E-state index >= 15 is 0 Å². The topological polar surface area (TPSA) is 59.0 Å². The Morgan fingerprint density at radius 2 is 2.09 bits per heavy atom. The molecule has 1 aliphatic heterocycles. The minimum atomic E-state index is 0.00438. The summed E-state index contributed by atoms with van der Waals surface area (Å²) >= 11 is 0. The summed E-state index contributed by atoms with van der Waals surface area (Å²) < 4.78 is 0. The molecule has 0 saturated carbocycles. The summed E-state index contributed by atoms with van der Waals surface area (Å²) in [6, 6.07) is 4.36. The third kappa shape index (κ3) is 3.30. The summed E-state index contributed by atoms with van der Waals surface area (Å²) in [7, 11) is 0. The molecule has 5 nitrogen and oxygen atoms in total. The summed E-state index contributed by atoms with van der Waals surface area (Å²) in [5.41, 5.74) is 2.54. The quantitative estimate of drug-likeness (QED) is 0.869. The highest BCUT2D eigenvalue weighted by Crippen LogP contribution is 2.23. The number of rotatable bonds is 4. The zero-order chi connectivity index (χ0) is 15.4. The second-order valence-electron chi connectivity index (χ2n) is 5.73. The van der Waals surface area contributed by atoms with Crippen molar-refractivity contribution in [3.05, 3.63) is 53.9 Å². The van der Waals surface area contributed by atoms with E-state index in [1.165, 1.54) is 5.56 Å². The summed E-state index contributed by atoms with van der Waals surface area (Å²) in [6.07, 6.45) is 10.9. The first-order chi connectivity index (χ1) is 10.7. The molecule has 1 saturated heterocycles. The van der Waals surface area contributed by atoms with Gasteiger partial charge in [-0.3, -0.25) is 14.8 Å². The van der Waals surface area contributed by atoms with E-state index in [0.717, 1.165) is 37.9 Å². The van der Waals surface area contributed by atoms with Gasteiger partial charge in [0.2, 0.25) is 0 Å². The second-order valence-corrected chi connectivity index (χ2v) is 5.73. The van der Waals surface area contributed by atoms with Crippen molar-refractivity contribution in [2.45, 2.75) is 38.6 Å². The molecule has 3 rings (SSSR count). The average Bonchev–Trinajstić information content (AvgIpc) is 3.02. The van der Waals surface area contributed by atoms with Crippen LogP contribution in [-0.2, 0) is 6.42 Å². The van der Waals surface area contributed by atoms with Gasteiger partial charge in [-0.05, 0) is 50.3 Å². The zero-order valence-electron chi connectivity index (χ0n) is 12.8. The molecule has 5 heteroatoms. The molecule has 0 spiro atoms. The molecule has 0 N–H and O–H groups in total. The molecule has 3 heterocycles. The van der Waals surface area contributed by atoms with Crippen molar-refractivity contribution in [3.63, 3.8) is 0 Å². The lowest BCUT2D eigenvalue weighted by atomic mass is 10.0. The third-order valence-electron chi connectivity index (χ3n) is 4.15. The van der Waals surface area contributed by atoms with Crippen LogP contribution < -0.4 is 0 Å². The van der Waals surface area contributed by atoms with Crippen LogP contribution >= 0.6 is 0 Å². The number of nitrogens with zero attached hydrogens (tertiary/aromatic N) is 4. The van der Waals surface area contributed by atoms with Gasteiger partial charge in [-0.15, -0.1) is 0 Å². The van der Waals surface area contributed by atoms with Crippen LogP contribution in [0.2, 0.25) is 0 Å². The molecule has 0 aliphatic carbocycles. The van der Waals surface area contributed by atoms with Crippen LogP contribution in [0.5, 0.6) is 0 Å². The van der Waals surface area contributed by atoms with Gasteiger partial charge in [-0.25, -0.2) is 4.98 Å². The lowest BCUT2D eigenvalue weighted by Crippen LogP contribution is -2.36. The highest BCUT2D eigenvalue weighted by molar-refractivity contribution is 5.92. The maximum atomic E-state index is 12.6. The Morgan fingerprint density at radius 1 is 1.27 bits per heavy atom. The fraction of sp³-hybridized carbons (Fsp3) is 0.412. The van der Waals surface area contributed by atoms with Crippen molar-refractivity contribution < 1.29 is 4.79 Å². The van der Waals surface area contributed by atoms with Gasteiger partial charge in [0, 0.05) is 31.2 Å². The van der Waals surface area contributed by atoms with E-state index in [0.29, 0.717) is 11.7 Å². The van der Waals surface area contributed by atoms with Crippen molar-refractivity contribution in [2.75, 3.05) is 6.54 Å². The fourth-order valence-electron chi connectivity index (χ4n) is 2.94. The molecule has 114 valence electrons. The molecular formula is C17H20N4O. The van der Waals surface area contributed by atoms with E-state index in [9.17, 15) is 4.79 Å². The minimum Gasteiger partial charge on any atom is -0.334 e. The molecular weight excluding hydrogens is 276 g/mol. The molecule has 1 fully saturated rings. The zero-order valence-corrected chi connectivity index (χ0v) is 12.8. The summed E-state index contributed by atoms with van der Waals surface area (Å²) in [6.45, 7) is 2.68. The van der Waals surface area contributed by atoms with Crippen molar-refractivity contribution in [3.8, 4) is 0 Å². The highest BCUT2D eigenvalue weighted by Gasteiger charge is 2.29. The van der Waals surface area contributed by atoms with E-state index in [1.54, 1.807) is 12.4 Å². The molecule has 2 aromatic heterocycles. The number of carbonyl (C=O) groups excluding carboxylic acids is 1. The SMILES string of the molecule is Cc1cnc(C(=O)N2CCC[C@@H]2CCc2ccncc2)cn1. The molecule has 0 aromatic carbocycles. The average molecular weight is 296 g/mol. The van der Waals surface area contributed by atoms with Crippen LogP contribution in [-0.4, -0.2) is 38.3 Å². The molecule has 1 aliphatic rings. The van der Waals surface area contributed by atoms with E-state index in [2.05, 4.69) is 15.0 Å². The Balaban J connectivity index is 1.65. The number of likely N-dealkylation sites (tertiary alicyclic amines) is 1. The maximum Gasteiger partial charge on any atom is 0.274 e. The maximum absolute atomic E-state index is 12.6. The van der Waals surface area contributed by atoms with Crippen LogP contribution in [0.4, 0.5) is 0 Å². The Bertz CT molecular complexity index is 627. The standard InChI is InChI=1S/C17H20N4O/c1-13-11-20-16(12-19-13)17(22)21-10-2-3-15(21)5-4-14-6-8-18-9-7-14/h6-9,11-12,15H,2-5,10H2,1H3/t15-/m1/s1. The largest absolute Gasteiger partial charge is 0.334 e. The van der Waals surface area contributed by atoms with Gasteiger partial charge in [0.25, 0.3) is 5.91 Å². The Hall–Kier alpha value is -2.30. The van der Waals surface area contributed by atoms with Crippen LogP contribution in [0.25, 0.3) is 0 Å². The Labute approximate surface area is 130 Å². The van der Waals surface area contributed by atoms with Gasteiger partial charge in [0.1, 0.15) is 5.69 Å². The van der Waals surface area contributed by atoms with Crippen LogP contribution in [0.15, 0.2) is 36.9 Å². The predicted octanol–water partition coefficient (Wildman–Crippen LogP) is 2.42. The molecule has 22 heavy (non-hydrogen) atoms. The first-order valence-electron chi connectivity index (χ1n) is 7.72. The summed E-state index contributed by atoms with van der Waals surface area (Å²) in [5, 5.41) is 0. The number of aryl methyl sites for hydroxylation is 2. The number of hydrogen-bond donors (Lipinski definition) is 0. The van der Waals surface area contributed by atoms with E-state index < -0.39 is 0 Å². The van der Waals surface area contributed by atoms with E-state index in [4.69, 9.17) is 0 Å². The molecule has 0 bridgehead atoms. The van der Waals surface area contributed by atoms with Gasteiger partial charge in [-0.2, -0.15) is 0 Å². The first-order valence-corrected chi connectivity index (χ1v) is 7.72. The van der Waals surface area contributed by atoms with Gasteiger partial charge >= 0.3 is 0 Å². The summed E-state index contributed by atoms with van der Waals surface area (Å²) in [4.78, 5) is 27.0. The van der Waals surface area contributed by atoms with E-state index in [1.807, 2.05) is 36.4 Å². The normalized spacial score (nSPS) is 17.7. The molecule has 1 amide bonds. The first kappa shape index (κ1) is 14.6. The number of hydrogen-bond acceptors (Lipinski definition) is 4. The molecule has 2 aromatic rings. The van der Waals surface area contributed by atoms with Crippen molar-refractivity contribution in [1.82, 2.24) is 19.9 Å². The third-order valence-corrected chi connectivity index (χ3v) is 4.15. The number of aromatic nitrogens is 3. The molecule has 0 radical (unpaired) electrons. The van der Waals surface area contributed by atoms with Crippen molar-refractivity contribution in [1.29, 1.82) is 0 Å². The lowest BCUT2D eigenvalue weighted by Gasteiger charge is -2.24. The van der Waals surface area contributed by atoms with Gasteiger partial charge in [0.15, 0.2) is 0 Å². The van der Waals surface area contributed by atoms with Crippen LogP contribution in [0, 0.1) is 6.92 Å². The highest BCUT2D eigenvalue weighted by atomic mass is 16.2.